The van der Waals surface area contributed by atoms with Crippen LogP contribution in [0.4, 0.5) is 0 Å². The zero-order chi connectivity index (χ0) is 14.4. The Hall–Kier alpha value is -0.860. The van der Waals surface area contributed by atoms with E-state index in [-0.39, 0.29) is 6.61 Å². The normalized spacial score (nSPS) is 19.3. The zero-order valence-electron chi connectivity index (χ0n) is 12.4. The Balaban J connectivity index is 1.86. The molecule has 110 valence electrons. The Bertz CT molecular complexity index is 474. The molecule has 1 unspecified atom stereocenters. The maximum absolute atomic E-state index is 8.78. The van der Waals surface area contributed by atoms with Crippen molar-refractivity contribution in [2.24, 2.45) is 5.92 Å². The van der Waals surface area contributed by atoms with Gasteiger partial charge in [0.25, 0.3) is 0 Å². The largest absolute Gasteiger partial charge is 0.395 e. The summed E-state index contributed by atoms with van der Waals surface area (Å²) in [6.07, 6.45) is 1.87. The molecule has 0 bridgehead atoms. The van der Waals surface area contributed by atoms with Crippen molar-refractivity contribution in [3.8, 4) is 11.8 Å². The lowest BCUT2D eigenvalue weighted by atomic mass is 10.1. The fourth-order valence-corrected chi connectivity index (χ4v) is 3.62. The van der Waals surface area contributed by atoms with Crippen LogP contribution in [0.3, 0.4) is 0 Å². The number of aliphatic hydroxyl groups excluding tert-OH is 1. The van der Waals surface area contributed by atoms with E-state index in [2.05, 4.69) is 47.2 Å². The molecule has 2 rings (SSSR count). The van der Waals surface area contributed by atoms with Crippen LogP contribution in [0.5, 0.6) is 0 Å². The molecular weight excluding hydrogens is 268 g/mol. The molecule has 0 saturated carbocycles. The summed E-state index contributed by atoms with van der Waals surface area (Å²) in [4.78, 5) is 6.16. The van der Waals surface area contributed by atoms with Crippen LogP contribution in [0.15, 0.2) is 11.4 Å². The summed E-state index contributed by atoms with van der Waals surface area (Å²) in [5, 5.41) is 10.9. The molecular formula is C16H24N2OS. The lowest BCUT2D eigenvalue weighted by Crippen LogP contribution is -2.27. The highest BCUT2D eigenvalue weighted by molar-refractivity contribution is 7.10. The van der Waals surface area contributed by atoms with E-state index in [1.807, 2.05) is 0 Å². The minimum Gasteiger partial charge on any atom is -0.395 e. The van der Waals surface area contributed by atoms with Crippen molar-refractivity contribution >= 4 is 11.3 Å². The highest BCUT2D eigenvalue weighted by atomic mass is 32.1. The summed E-state index contributed by atoms with van der Waals surface area (Å²) in [7, 11) is 4.40. The third-order valence-electron chi connectivity index (χ3n) is 3.68. The standard InChI is InChI=1S/C16H24N2OS/c1-17-8-6-14(11-17)12-18(2)13-16-15(7-10-20-16)5-3-4-9-19/h7,10,14,19H,4,6,8-9,11-13H2,1-2H3. The first-order valence-electron chi connectivity index (χ1n) is 7.22. The van der Waals surface area contributed by atoms with Gasteiger partial charge in [0.05, 0.1) is 6.61 Å². The average Bonchev–Trinajstić information content (AvgIpc) is 3.00. The Kier molecular flexibility index (Phi) is 6.06. The molecule has 4 heteroatoms. The van der Waals surface area contributed by atoms with Crippen LogP contribution in [0.25, 0.3) is 0 Å². The number of hydrogen-bond donors (Lipinski definition) is 1. The van der Waals surface area contributed by atoms with Gasteiger partial charge in [-0.1, -0.05) is 11.8 Å². The number of rotatable bonds is 5. The summed E-state index contributed by atoms with van der Waals surface area (Å²) in [5.74, 6) is 6.98. The second-order valence-electron chi connectivity index (χ2n) is 5.65. The van der Waals surface area contributed by atoms with Gasteiger partial charge in [-0.2, -0.15) is 0 Å². The van der Waals surface area contributed by atoms with E-state index in [4.69, 9.17) is 5.11 Å². The maximum Gasteiger partial charge on any atom is 0.0540 e. The second-order valence-corrected chi connectivity index (χ2v) is 6.65. The van der Waals surface area contributed by atoms with Crippen LogP contribution >= 0.6 is 11.3 Å². The topological polar surface area (TPSA) is 26.7 Å². The van der Waals surface area contributed by atoms with Crippen LogP contribution in [0.1, 0.15) is 23.3 Å². The molecule has 1 saturated heterocycles. The number of aliphatic hydroxyl groups is 1. The van der Waals surface area contributed by atoms with Crippen molar-refractivity contribution < 1.29 is 5.11 Å². The average molecular weight is 292 g/mol. The third-order valence-corrected chi connectivity index (χ3v) is 4.58. The molecule has 1 aliphatic heterocycles. The first kappa shape index (κ1) is 15.5. The highest BCUT2D eigenvalue weighted by Gasteiger charge is 2.21. The van der Waals surface area contributed by atoms with Crippen molar-refractivity contribution in [1.82, 2.24) is 9.80 Å². The lowest BCUT2D eigenvalue weighted by molar-refractivity contribution is 0.269. The van der Waals surface area contributed by atoms with Gasteiger partial charge in [0.15, 0.2) is 0 Å². The predicted molar refractivity (Wildman–Crippen MR) is 84.8 cm³/mol. The molecule has 1 atom stereocenters. The van der Waals surface area contributed by atoms with Crippen LogP contribution < -0.4 is 0 Å². The molecule has 1 aromatic heterocycles. The smallest absolute Gasteiger partial charge is 0.0540 e. The molecule has 0 aromatic carbocycles. The number of thiophene rings is 1. The van der Waals surface area contributed by atoms with Gasteiger partial charge in [-0.15, -0.1) is 11.3 Å². The molecule has 2 heterocycles. The van der Waals surface area contributed by atoms with Crippen molar-refractivity contribution in [3.63, 3.8) is 0 Å². The van der Waals surface area contributed by atoms with Crippen LogP contribution in [-0.2, 0) is 6.54 Å². The quantitative estimate of drug-likeness (QED) is 0.839. The molecule has 1 aromatic rings. The molecule has 0 radical (unpaired) electrons. The molecule has 3 nitrogen and oxygen atoms in total. The van der Waals surface area contributed by atoms with E-state index < -0.39 is 0 Å². The first-order valence-corrected chi connectivity index (χ1v) is 8.10. The van der Waals surface area contributed by atoms with Gasteiger partial charge in [-0.3, -0.25) is 0 Å². The monoisotopic (exact) mass is 292 g/mol. The number of hydrogen-bond acceptors (Lipinski definition) is 4. The predicted octanol–water partition coefficient (Wildman–Crippen LogP) is 1.87. The van der Waals surface area contributed by atoms with Crippen molar-refractivity contribution in [2.75, 3.05) is 40.3 Å². The Labute approximate surface area is 126 Å². The minimum absolute atomic E-state index is 0.140. The van der Waals surface area contributed by atoms with E-state index in [0.717, 1.165) is 24.6 Å². The summed E-state index contributed by atoms with van der Waals surface area (Å²) >= 11 is 1.78. The third kappa shape index (κ3) is 4.60. The Morgan fingerprint density at radius 1 is 1.55 bits per heavy atom. The van der Waals surface area contributed by atoms with Gasteiger partial charge < -0.3 is 14.9 Å². The van der Waals surface area contributed by atoms with E-state index in [1.54, 1.807) is 11.3 Å². The number of likely N-dealkylation sites (tertiary alicyclic amines) is 1. The fourth-order valence-electron chi connectivity index (χ4n) is 2.71. The number of nitrogens with zero attached hydrogens (tertiary/aromatic N) is 2. The maximum atomic E-state index is 8.78. The first-order chi connectivity index (χ1) is 9.69. The Morgan fingerprint density at radius 2 is 2.40 bits per heavy atom. The minimum atomic E-state index is 0.140. The summed E-state index contributed by atoms with van der Waals surface area (Å²) in [6.45, 7) is 4.72. The van der Waals surface area contributed by atoms with Gasteiger partial charge in [0, 0.05) is 36.5 Å². The summed E-state index contributed by atoms with van der Waals surface area (Å²) in [6, 6.07) is 2.08. The molecule has 1 aliphatic rings. The molecule has 20 heavy (non-hydrogen) atoms. The van der Waals surface area contributed by atoms with Gasteiger partial charge in [-0.25, -0.2) is 0 Å². The lowest BCUT2D eigenvalue weighted by Gasteiger charge is -2.20. The molecule has 0 spiro atoms. The molecule has 0 amide bonds. The summed E-state index contributed by atoms with van der Waals surface area (Å²) < 4.78 is 0. The van der Waals surface area contributed by atoms with E-state index in [9.17, 15) is 0 Å². The second kappa shape index (κ2) is 7.80. The van der Waals surface area contributed by atoms with Gasteiger partial charge in [0.1, 0.15) is 0 Å². The van der Waals surface area contributed by atoms with Crippen molar-refractivity contribution in [1.29, 1.82) is 0 Å². The van der Waals surface area contributed by atoms with Gasteiger partial charge in [0.2, 0.25) is 0 Å². The van der Waals surface area contributed by atoms with Crippen LogP contribution in [-0.4, -0.2) is 55.2 Å². The molecule has 0 aliphatic carbocycles. The summed E-state index contributed by atoms with van der Waals surface area (Å²) in [5.41, 5.74) is 1.12. The van der Waals surface area contributed by atoms with Crippen LogP contribution in [0.2, 0.25) is 0 Å². The fraction of sp³-hybridized carbons (Fsp3) is 0.625. The van der Waals surface area contributed by atoms with Crippen molar-refractivity contribution in [3.05, 3.63) is 21.9 Å². The van der Waals surface area contributed by atoms with Gasteiger partial charge >= 0.3 is 0 Å². The SMILES string of the molecule is CN1CCC(CN(C)Cc2sccc2C#CCCO)C1. The van der Waals surface area contributed by atoms with E-state index in [1.165, 1.54) is 24.4 Å². The van der Waals surface area contributed by atoms with Crippen LogP contribution in [0, 0.1) is 17.8 Å². The van der Waals surface area contributed by atoms with Gasteiger partial charge in [-0.05, 0) is 44.4 Å². The Morgan fingerprint density at radius 3 is 3.10 bits per heavy atom. The molecule has 1 fully saturated rings. The zero-order valence-corrected chi connectivity index (χ0v) is 13.2. The van der Waals surface area contributed by atoms with E-state index in [0.29, 0.717) is 6.42 Å². The highest BCUT2D eigenvalue weighted by Crippen LogP contribution is 2.20. The molecule has 1 N–H and O–H groups in total. The van der Waals surface area contributed by atoms with E-state index >= 15 is 0 Å². The van der Waals surface area contributed by atoms with Crippen molar-refractivity contribution in [2.45, 2.75) is 19.4 Å².